The van der Waals surface area contributed by atoms with E-state index >= 15 is 0 Å². The molecule has 0 spiro atoms. The lowest BCUT2D eigenvalue weighted by atomic mass is 10.3. The Bertz CT molecular complexity index is 595. The summed E-state index contributed by atoms with van der Waals surface area (Å²) >= 11 is 7.20. The average Bonchev–Trinajstić information content (AvgIpc) is 3.06. The third-order valence-electron chi connectivity index (χ3n) is 2.55. The van der Waals surface area contributed by atoms with Gasteiger partial charge in [-0.05, 0) is 31.2 Å². The van der Waals surface area contributed by atoms with Crippen LogP contribution in [-0.2, 0) is 11.3 Å². The smallest absolute Gasteiger partial charge is 0.287 e. The largest absolute Gasteiger partial charge is 0.459 e. The zero-order valence-corrected chi connectivity index (χ0v) is 12.3. The molecule has 0 fully saturated rings. The highest BCUT2D eigenvalue weighted by Crippen LogP contribution is 2.20. The summed E-state index contributed by atoms with van der Waals surface area (Å²) in [5.41, 5.74) is 0. The molecule has 2 rings (SSSR count). The molecule has 2 N–H and O–H groups in total. The number of furan rings is 1. The van der Waals surface area contributed by atoms with Gasteiger partial charge >= 0.3 is 0 Å². The van der Waals surface area contributed by atoms with Gasteiger partial charge in [0.2, 0.25) is 5.91 Å². The molecule has 0 saturated heterocycles. The maximum absolute atomic E-state index is 11.8. The zero-order chi connectivity index (χ0) is 14.5. The fraction of sp³-hybridized carbons (Fsp3) is 0.231. The first-order valence-corrected chi connectivity index (χ1v) is 7.12. The maximum Gasteiger partial charge on any atom is 0.287 e. The molecule has 2 heterocycles. The molecular formula is C13H13ClN2O3S. The van der Waals surface area contributed by atoms with Gasteiger partial charge in [-0.1, -0.05) is 11.6 Å². The molecule has 0 aromatic carbocycles. The van der Waals surface area contributed by atoms with Crippen molar-refractivity contribution in [3.8, 4) is 0 Å². The van der Waals surface area contributed by atoms with Crippen LogP contribution in [0.3, 0.4) is 0 Å². The maximum atomic E-state index is 11.8. The van der Waals surface area contributed by atoms with Gasteiger partial charge in [0.15, 0.2) is 5.76 Å². The molecule has 2 aromatic heterocycles. The number of rotatable bonds is 5. The van der Waals surface area contributed by atoms with Gasteiger partial charge in [0.05, 0.1) is 17.1 Å². The van der Waals surface area contributed by atoms with E-state index < -0.39 is 11.9 Å². The minimum Gasteiger partial charge on any atom is -0.459 e. The Morgan fingerprint density at radius 3 is 2.80 bits per heavy atom. The number of thiophene rings is 1. The van der Waals surface area contributed by atoms with Gasteiger partial charge in [0.25, 0.3) is 5.91 Å². The van der Waals surface area contributed by atoms with Crippen LogP contribution >= 0.6 is 22.9 Å². The second-order valence-electron chi connectivity index (χ2n) is 4.10. The molecule has 0 saturated carbocycles. The molecule has 1 unspecified atom stereocenters. The van der Waals surface area contributed by atoms with E-state index in [2.05, 4.69) is 10.6 Å². The number of carbonyl (C=O) groups excluding carboxylic acids is 2. The Kier molecular flexibility index (Phi) is 4.81. The number of halogens is 1. The first-order valence-electron chi connectivity index (χ1n) is 5.92. The van der Waals surface area contributed by atoms with E-state index in [0.29, 0.717) is 10.9 Å². The van der Waals surface area contributed by atoms with Gasteiger partial charge in [0.1, 0.15) is 6.04 Å². The lowest BCUT2D eigenvalue weighted by Gasteiger charge is -2.12. The van der Waals surface area contributed by atoms with Crippen LogP contribution in [0, 0.1) is 0 Å². The predicted octanol–water partition coefficient (Wildman–Crippen LogP) is 2.43. The molecule has 2 aromatic rings. The van der Waals surface area contributed by atoms with Crippen LogP contribution in [0.4, 0.5) is 0 Å². The summed E-state index contributed by atoms with van der Waals surface area (Å²) in [6.07, 6.45) is 1.40. The highest BCUT2D eigenvalue weighted by atomic mass is 35.5. The molecule has 20 heavy (non-hydrogen) atoms. The molecule has 0 bridgehead atoms. The fourth-order valence-corrected chi connectivity index (χ4v) is 2.54. The number of nitrogens with one attached hydrogen (secondary N) is 2. The van der Waals surface area contributed by atoms with Gasteiger partial charge in [-0.2, -0.15) is 0 Å². The Labute approximate surface area is 124 Å². The molecule has 106 valence electrons. The second kappa shape index (κ2) is 6.58. The average molecular weight is 313 g/mol. The summed E-state index contributed by atoms with van der Waals surface area (Å²) in [7, 11) is 0. The third kappa shape index (κ3) is 3.85. The van der Waals surface area contributed by atoms with Crippen LogP contribution in [0.5, 0.6) is 0 Å². The van der Waals surface area contributed by atoms with E-state index in [-0.39, 0.29) is 11.7 Å². The van der Waals surface area contributed by atoms with Gasteiger partial charge in [-0.15, -0.1) is 11.3 Å². The van der Waals surface area contributed by atoms with Crippen molar-refractivity contribution in [2.24, 2.45) is 0 Å². The standard InChI is InChI=1S/C13H13ClN2O3S/c1-8(16-13(18)10-3-2-6-19-10)12(17)15-7-9-4-5-11(14)20-9/h2-6,8H,7H2,1H3,(H,15,17)(H,16,18). The zero-order valence-electron chi connectivity index (χ0n) is 10.7. The fourth-order valence-electron chi connectivity index (χ4n) is 1.52. The molecule has 0 aliphatic carbocycles. The van der Waals surface area contributed by atoms with Crippen molar-refractivity contribution in [3.05, 3.63) is 45.5 Å². The summed E-state index contributed by atoms with van der Waals surface area (Å²) in [5, 5.41) is 5.29. The topological polar surface area (TPSA) is 71.3 Å². The van der Waals surface area contributed by atoms with Gasteiger partial charge in [-0.25, -0.2) is 0 Å². The lowest BCUT2D eigenvalue weighted by molar-refractivity contribution is -0.122. The van der Waals surface area contributed by atoms with E-state index in [1.807, 2.05) is 6.07 Å². The Balaban J connectivity index is 1.81. The molecular weight excluding hydrogens is 300 g/mol. The number of carbonyl (C=O) groups is 2. The summed E-state index contributed by atoms with van der Waals surface area (Å²) < 4.78 is 5.63. The van der Waals surface area contributed by atoms with Crippen LogP contribution < -0.4 is 10.6 Å². The molecule has 0 radical (unpaired) electrons. The predicted molar refractivity (Wildman–Crippen MR) is 76.8 cm³/mol. The first-order chi connectivity index (χ1) is 9.56. The lowest BCUT2D eigenvalue weighted by Crippen LogP contribution is -2.44. The van der Waals surface area contributed by atoms with Crippen LogP contribution in [0.15, 0.2) is 34.9 Å². The highest BCUT2D eigenvalue weighted by Gasteiger charge is 2.17. The van der Waals surface area contributed by atoms with E-state index in [4.69, 9.17) is 16.0 Å². The van der Waals surface area contributed by atoms with Crippen molar-refractivity contribution >= 4 is 34.8 Å². The highest BCUT2D eigenvalue weighted by molar-refractivity contribution is 7.16. The van der Waals surface area contributed by atoms with Crippen LogP contribution in [0.25, 0.3) is 0 Å². The number of hydrogen-bond donors (Lipinski definition) is 2. The van der Waals surface area contributed by atoms with Crippen molar-refractivity contribution in [1.82, 2.24) is 10.6 Å². The van der Waals surface area contributed by atoms with Crippen LogP contribution in [-0.4, -0.2) is 17.9 Å². The van der Waals surface area contributed by atoms with Crippen molar-refractivity contribution in [1.29, 1.82) is 0 Å². The Hall–Kier alpha value is -1.79. The monoisotopic (exact) mass is 312 g/mol. The minimum atomic E-state index is -0.650. The first kappa shape index (κ1) is 14.6. The number of hydrogen-bond acceptors (Lipinski definition) is 4. The van der Waals surface area contributed by atoms with E-state index in [0.717, 1.165) is 4.88 Å². The third-order valence-corrected chi connectivity index (χ3v) is 3.78. The van der Waals surface area contributed by atoms with Gasteiger partial charge < -0.3 is 15.1 Å². The van der Waals surface area contributed by atoms with E-state index in [1.54, 1.807) is 19.1 Å². The summed E-state index contributed by atoms with van der Waals surface area (Å²) in [6, 6.07) is 6.12. The SMILES string of the molecule is CC(NC(=O)c1ccco1)C(=O)NCc1ccc(Cl)s1. The summed E-state index contributed by atoms with van der Waals surface area (Å²) in [4.78, 5) is 24.5. The van der Waals surface area contributed by atoms with Crippen LogP contribution in [0.1, 0.15) is 22.4 Å². The Morgan fingerprint density at radius 1 is 1.40 bits per heavy atom. The van der Waals surface area contributed by atoms with Gasteiger partial charge in [-0.3, -0.25) is 9.59 Å². The molecule has 1 atom stereocenters. The molecule has 0 aliphatic heterocycles. The minimum absolute atomic E-state index is 0.176. The summed E-state index contributed by atoms with van der Waals surface area (Å²) in [6.45, 7) is 1.99. The van der Waals surface area contributed by atoms with Crippen molar-refractivity contribution in [2.45, 2.75) is 19.5 Å². The van der Waals surface area contributed by atoms with Crippen molar-refractivity contribution < 1.29 is 14.0 Å². The van der Waals surface area contributed by atoms with Crippen LogP contribution in [0.2, 0.25) is 4.34 Å². The number of amides is 2. The molecule has 0 aliphatic rings. The second-order valence-corrected chi connectivity index (χ2v) is 5.90. The van der Waals surface area contributed by atoms with Gasteiger partial charge in [0, 0.05) is 4.88 Å². The normalized spacial score (nSPS) is 11.9. The molecule has 5 nitrogen and oxygen atoms in total. The quantitative estimate of drug-likeness (QED) is 0.890. The Morgan fingerprint density at radius 2 is 2.20 bits per heavy atom. The van der Waals surface area contributed by atoms with Crippen molar-refractivity contribution in [2.75, 3.05) is 0 Å². The molecule has 7 heteroatoms. The van der Waals surface area contributed by atoms with E-state index in [9.17, 15) is 9.59 Å². The summed E-state index contributed by atoms with van der Waals surface area (Å²) in [5.74, 6) is -0.513. The van der Waals surface area contributed by atoms with E-state index in [1.165, 1.54) is 23.7 Å². The molecule has 2 amide bonds. The van der Waals surface area contributed by atoms with Crippen molar-refractivity contribution in [3.63, 3.8) is 0 Å².